The molecule has 12 nitrogen and oxygen atoms in total. The van der Waals surface area contributed by atoms with E-state index in [0.29, 0.717) is 25.0 Å². The van der Waals surface area contributed by atoms with E-state index in [-0.39, 0.29) is 55.8 Å². The molecule has 0 saturated heterocycles. The van der Waals surface area contributed by atoms with Gasteiger partial charge in [0.1, 0.15) is 0 Å². The van der Waals surface area contributed by atoms with Gasteiger partial charge < -0.3 is 18.2 Å². The molecule has 18 heteroatoms. The van der Waals surface area contributed by atoms with Crippen LogP contribution >= 0.6 is 0 Å². The molecule has 0 aromatic heterocycles. The van der Waals surface area contributed by atoms with Gasteiger partial charge in [0.05, 0.1) is 40.5 Å². The first-order valence-corrected chi connectivity index (χ1v) is 10.9. The first kappa shape index (κ1) is 38.9. The molecule has 0 saturated carbocycles. The van der Waals surface area contributed by atoms with Crippen LogP contribution in [0.15, 0.2) is 0 Å². The van der Waals surface area contributed by atoms with Gasteiger partial charge in [0.25, 0.3) is 0 Å². The molecule has 0 aliphatic heterocycles. The Kier molecular flexibility index (Phi) is 28.3. The van der Waals surface area contributed by atoms with Crippen LogP contribution in [0.2, 0.25) is 0 Å². The fraction of sp³-hybridized carbons (Fsp3) is 1.00. The third kappa shape index (κ3) is 3910. The van der Waals surface area contributed by atoms with E-state index >= 15 is 0 Å². The molecule has 0 atom stereocenters. The molecule has 0 heterocycles. The summed E-state index contributed by atoms with van der Waals surface area (Å²) in [7, 11) is -15.7. The second-order valence-electron chi connectivity index (χ2n) is 2.82. The minimum absolute atomic E-state index is 0. The molecule has 0 aromatic rings. The average molecular weight is 612 g/mol. The van der Waals surface area contributed by atoms with E-state index in [1.165, 1.54) is 0 Å². The van der Waals surface area contributed by atoms with Crippen molar-refractivity contribution in [3.05, 3.63) is 0 Å². The quantitative estimate of drug-likeness (QED) is 0.184. The van der Waals surface area contributed by atoms with Gasteiger partial charge in [-0.2, -0.15) is 0 Å². The summed E-state index contributed by atoms with van der Waals surface area (Å²) in [5.74, 6) is 0. The molecule has 0 unspecified atom stereocenters. The topological polar surface area (TPSA) is 229 Å². The first-order valence-electron chi connectivity index (χ1n) is 3.63. The van der Waals surface area contributed by atoms with Crippen LogP contribution in [0.3, 0.4) is 0 Å². The first-order chi connectivity index (χ1) is 8.00. The van der Waals surface area contributed by atoms with Gasteiger partial charge >= 0.3 is 55.8 Å². The maximum Gasteiger partial charge on any atom is 3.00 e. The Labute approximate surface area is 171 Å². The standard InChI is InChI=1S/4CH4O3S.Bi.Na/c4*1-5(2,3)4;;/h4*1H3,(H,2,3,4);;/q;;;;+3;+1/p-4. The van der Waals surface area contributed by atoms with Crippen molar-refractivity contribution < 1.29 is 81.4 Å². The van der Waals surface area contributed by atoms with Gasteiger partial charge in [0.15, 0.2) is 0 Å². The second kappa shape index (κ2) is 16.0. The smallest absolute Gasteiger partial charge is 0.748 e. The summed E-state index contributed by atoms with van der Waals surface area (Å²) in [6.45, 7) is 0. The number of hydrogen-bond donors (Lipinski definition) is 0. The molecule has 22 heavy (non-hydrogen) atoms. The molecular weight excluding hydrogens is 600 g/mol. The van der Waals surface area contributed by atoms with E-state index in [2.05, 4.69) is 0 Å². The van der Waals surface area contributed by atoms with Crippen molar-refractivity contribution in [2.24, 2.45) is 0 Å². The zero-order valence-corrected chi connectivity index (χ0v) is 20.7. The molecule has 0 rings (SSSR count). The molecule has 0 amide bonds. The summed E-state index contributed by atoms with van der Waals surface area (Å²) in [4.78, 5) is 0. The molecule has 0 spiro atoms. The van der Waals surface area contributed by atoms with Gasteiger partial charge in [-0.15, -0.1) is 0 Å². The van der Waals surface area contributed by atoms with E-state index in [9.17, 15) is 0 Å². The Bertz CT molecular complexity index is 492. The molecule has 2 radical (unpaired) electrons. The van der Waals surface area contributed by atoms with Crippen LogP contribution in [0.25, 0.3) is 0 Å². The van der Waals surface area contributed by atoms with Crippen molar-refractivity contribution in [1.82, 2.24) is 0 Å². The minimum Gasteiger partial charge on any atom is -0.748 e. The monoisotopic (exact) mass is 612 g/mol. The number of rotatable bonds is 0. The maximum absolute atomic E-state index is 9.08. The fourth-order valence-electron chi connectivity index (χ4n) is 0. The van der Waals surface area contributed by atoms with E-state index in [1.807, 2.05) is 0 Å². The van der Waals surface area contributed by atoms with Crippen molar-refractivity contribution in [3.63, 3.8) is 0 Å². The van der Waals surface area contributed by atoms with E-state index in [4.69, 9.17) is 51.9 Å². The van der Waals surface area contributed by atoms with E-state index in [0.717, 1.165) is 0 Å². The van der Waals surface area contributed by atoms with Crippen LogP contribution in [0.1, 0.15) is 0 Å². The Hall–Kier alpha value is 1.52. The van der Waals surface area contributed by atoms with Crippen LogP contribution < -0.4 is 29.6 Å². The second-order valence-corrected chi connectivity index (χ2v) is 8.45. The molecule has 130 valence electrons. The van der Waals surface area contributed by atoms with Crippen LogP contribution in [0.4, 0.5) is 0 Å². The van der Waals surface area contributed by atoms with E-state index < -0.39 is 40.5 Å². The van der Waals surface area contributed by atoms with Crippen LogP contribution in [0.5, 0.6) is 0 Å². The maximum atomic E-state index is 9.08. The molecule has 0 fully saturated rings. The molecule has 0 aliphatic rings. The van der Waals surface area contributed by atoms with Crippen LogP contribution in [-0.4, -0.2) is 103 Å². The van der Waals surface area contributed by atoms with Gasteiger partial charge in [-0.3, -0.25) is 0 Å². The predicted octanol–water partition coefficient (Wildman–Crippen LogP) is -6.73. The van der Waals surface area contributed by atoms with Crippen molar-refractivity contribution in [3.8, 4) is 0 Å². The SMILES string of the molecule is CS(=O)(=O)[O-].CS(=O)(=O)[O-].CS(=O)(=O)[O-].CS(=O)(=O)[O-].[Bi+3].[Na+]. The van der Waals surface area contributed by atoms with Gasteiger partial charge in [-0.1, -0.05) is 0 Å². The third-order valence-corrected chi connectivity index (χ3v) is 0. The Morgan fingerprint density at radius 2 is 0.455 bits per heavy atom. The molecule has 0 aliphatic carbocycles. The Balaban J connectivity index is -0.0000000376. The molecule has 0 aromatic carbocycles. The molecule has 0 N–H and O–H groups in total. The van der Waals surface area contributed by atoms with Gasteiger partial charge in [-0.05, 0) is 0 Å². The van der Waals surface area contributed by atoms with Crippen molar-refractivity contribution in [2.45, 2.75) is 0 Å². The molecule has 0 bridgehead atoms. The zero-order valence-electron chi connectivity index (χ0n) is 12.0. The van der Waals surface area contributed by atoms with Gasteiger partial charge in [0.2, 0.25) is 0 Å². The third-order valence-electron chi connectivity index (χ3n) is 0. The fourth-order valence-corrected chi connectivity index (χ4v) is 0. The summed E-state index contributed by atoms with van der Waals surface area (Å²) >= 11 is 0. The largest absolute Gasteiger partial charge is 3.00 e. The van der Waals surface area contributed by atoms with Crippen molar-refractivity contribution in [2.75, 3.05) is 25.0 Å². The molecular formula is C4H12BiNaO12S4. The average Bonchev–Trinajstić information content (AvgIpc) is 1.62. The minimum atomic E-state index is -3.92. The van der Waals surface area contributed by atoms with Gasteiger partial charge in [0, 0.05) is 25.0 Å². The predicted molar refractivity (Wildman–Crippen MR) is 68.2 cm³/mol. The summed E-state index contributed by atoms with van der Waals surface area (Å²) in [6, 6.07) is 0. The summed E-state index contributed by atoms with van der Waals surface area (Å²) < 4.78 is 109. The summed E-state index contributed by atoms with van der Waals surface area (Å²) in [5.41, 5.74) is 0. The van der Waals surface area contributed by atoms with Crippen molar-refractivity contribution >= 4 is 66.7 Å². The van der Waals surface area contributed by atoms with Crippen LogP contribution in [0, 0.1) is 0 Å². The Morgan fingerprint density at radius 3 is 0.455 bits per heavy atom. The Morgan fingerprint density at radius 1 is 0.455 bits per heavy atom. The summed E-state index contributed by atoms with van der Waals surface area (Å²) in [5, 5.41) is 0. The van der Waals surface area contributed by atoms with Crippen LogP contribution in [-0.2, 0) is 40.5 Å². The van der Waals surface area contributed by atoms with Crippen molar-refractivity contribution in [1.29, 1.82) is 0 Å². The van der Waals surface area contributed by atoms with E-state index in [1.54, 1.807) is 0 Å². The summed E-state index contributed by atoms with van der Waals surface area (Å²) in [6.07, 6.45) is 2.42. The normalized spacial score (nSPS) is 10.5. The zero-order chi connectivity index (χ0) is 18.0. The van der Waals surface area contributed by atoms with Gasteiger partial charge in [-0.25, -0.2) is 33.7 Å². The number of hydrogen-bond acceptors (Lipinski definition) is 12.